The third-order valence-electron chi connectivity index (χ3n) is 1.62. The standard InChI is InChI=1S/C9H7IO2/c11-8-5-10-6-12-9-4-2-1-3-7(8)9/h1-4,6H,5H2. The molecule has 12 heavy (non-hydrogen) atoms. The second-order valence-corrected chi connectivity index (χ2v) is 4.57. The van der Waals surface area contributed by atoms with Crippen LogP contribution in [0.15, 0.2) is 24.3 Å². The zero-order valence-corrected chi connectivity index (χ0v) is 8.45. The zero-order valence-electron chi connectivity index (χ0n) is 6.29. The average molecular weight is 274 g/mol. The summed E-state index contributed by atoms with van der Waals surface area (Å²) in [6.07, 6.45) is 0. The third kappa shape index (κ3) is 1.41. The molecule has 0 saturated heterocycles. The fourth-order valence-corrected chi connectivity index (χ4v) is 2.50. The maximum atomic E-state index is 11.4. The molecule has 0 atom stereocenters. The minimum absolute atomic E-state index is 0.198. The summed E-state index contributed by atoms with van der Waals surface area (Å²) in [6.45, 7) is 0. The van der Waals surface area contributed by atoms with E-state index in [9.17, 15) is 4.79 Å². The summed E-state index contributed by atoms with van der Waals surface area (Å²) < 4.78 is 7.78. The predicted octanol–water partition coefficient (Wildman–Crippen LogP) is 1.99. The molecule has 1 aliphatic rings. The normalized spacial score (nSPS) is 15.5. The van der Waals surface area contributed by atoms with Crippen LogP contribution in [0.3, 0.4) is 0 Å². The second-order valence-electron chi connectivity index (χ2n) is 2.41. The molecule has 0 unspecified atom stereocenters. The van der Waals surface area contributed by atoms with Gasteiger partial charge in [0.2, 0.25) is 0 Å². The van der Waals surface area contributed by atoms with Gasteiger partial charge >= 0.3 is 0 Å². The van der Waals surface area contributed by atoms with Gasteiger partial charge in [0.15, 0.2) is 5.78 Å². The van der Waals surface area contributed by atoms with Crippen LogP contribution in [0.4, 0.5) is 0 Å². The lowest BCUT2D eigenvalue weighted by atomic mass is 10.1. The molecule has 0 saturated carbocycles. The zero-order chi connectivity index (χ0) is 8.39. The highest BCUT2D eigenvalue weighted by atomic mass is 127. The van der Waals surface area contributed by atoms with Gasteiger partial charge in [0, 0.05) is 0 Å². The maximum Gasteiger partial charge on any atom is 0.176 e. The van der Waals surface area contributed by atoms with E-state index in [1.807, 2.05) is 24.3 Å². The van der Waals surface area contributed by atoms with E-state index in [2.05, 4.69) is 0 Å². The van der Waals surface area contributed by atoms with E-state index in [1.54, 1.807) is 4.20 Å². The maximum absolute atomic E-state index is 11.4. The first-order valence-electron chi connectivity index (χ1n) is 3.56. The first kappa shape index (κ1) is 7.91. The quantitative estimate of drug-likeness (QED) is 0.534. The first-order chi connectivity index (χ1) is 5.88. The summed E-state index contributed by atoms with van der Waals surface area (Å²) in [5.41, 5.74) is 0.728. The van der Waals surface area contributed by atoms with Crippen molar-refractivity contribution < 1.29 is 9.53 Å². The van der Waals surface area contributed by atoms with E-state index in [4.69, 9.17) is 4.74 Å². The van der Waals surface area contributed by atoms with Crippen LogP contribution >= 0.6 is 20.7 Å². The van der Waals surface area contributed by atoms with Gasteiger partial charge < -0.3 is 4.74 Å². The van der Waals surface area contributed by atoms with Gasteiger partial charge in [0.05, 0.1) is 9.99 Å². The Morgan fingerprint density at radius 1 is 1.33 bits per heavy atom. The Hall–Kier alpha value is -0.710. The van der Waals surface area contributed by atoms with Crippen LogP contribution < -0.4 is 4.74 Å². The fourth-order valence-electron chi connectivity index (χ4n) is 1.05. The number of Topliss-reactive ketones (excluding diaryl/α,β-unsaturated/α-hetero) is 1. The number of rotatable bonds is 0. The van der Waals surface area contributed by atoms with Gasteiger partial charge in [-0.15, -0.1) is 0 Å². The van der Waals surface area contributed by atoms with Crippen molar-refractivity contribution in [3.8, 4) is 5.75 Å². The first-order valence-corrected chi connectivity index (χ1v) is 6.33. The topological polar surface area (TPSA) is 26.3 Å². The molecule has 1 heterocycles. The van der Waals surface area contributed by atoms with Crippen molar-refractivity contribution in [2.24, 2.45) is 0 Å². The number of alkyl halides is 1. The average Bonchev–Trinajstić information content (AvgIpc) is 2.29. The number of fused-ring (bicyclic) bond motifs is 1. The van der Waals surface area contributed by atoms with Crippen molar-refractivity contribution >= 4 is 30.7 Å². The summed E-state index contributed by atoms with van der Waals surface area (Å²) in [4.78, 5) is 11.4. The number of ether oxygens (including phenoxy) is 1. The number of carbonyl (C=O) groups excluding carboxylic acids is 1. The molecule has 0 bridgehead atoms. The number of benzene rings is 1. The van der Waals surface area contributed by atoms with E-state index in [1.165, 1.54) is 0 Å². The van der Waals surface area contributed by atoms with Gasteiger partial charge in [0.1, 0.15) is 9.95 Å². The molecule has 2 rings (SSSR count). The number of hydrogen-bond donors (Lipinski definition) is 0. The summed E-state index contributed by atoms with van der Waals surface area (Å²) in [6, 6.07) is 7.40. The molecule has 1 aromatic carbocycles. The van der Waals surface area contributed by atoms with Crippen molar-refractivity contribution in [2.75, 3.05) is 4.43 Å². The van der Waals surface area contributed by atoms with E-state index in [-0.39, 0.29) is 26.5 Å². The molecule has 62 valence electrons. The third-order valence-corrected chi connectivity index (χ3v) is 3.37. The number of carbonyl (C=O) groups is 1. The SMILES string of the molecule is O=C1CI=COc2ccccc21. The molecule has 0 fully saturated rings. The highest BCUT2D eigenvalue weighted by Gasteiger charge is 2.12. The molecule has 3 heteroatoms. The molecule has 0 spiro atoms. The summed E-state index contributed by atoms with van der Waals surface area (Å²) in [5.74, 6) is 0.923. The molecule has 0 aliphatic carbocycles. The Balaban J connectivity index is 2.52. The monoisotopic (exact) mass is 274 g/mol. The van der Waals surface area contributed by atoms with Crippen LogP contribution in [0, 0.1) is 0 Å². The molecule has 2 nitrogen and oxygen atoms in total. The van der Waals surface area contributed by atoms with E-state index in [0.29, 0.717) is 10.2 Å². The minimum atomic E-state index is -0.198. The number of ketones is 1. The van der Waals surface area contributed by atoms with Crippen LogP contribution in [0.5, 0.6) is 5.75 Å². The minimum Gasteiger partial charge on any atom is -0.459 e. The fraction of sp³-hybridized carbons (Fsp3) is 0.111. The van der Waals surface area contributed by atoms with Gasteiger partial charge in [-0.05, 0) is 12.1 Å². The van der Waals surface area contributed by atoms with Crippen LogP contribution in [0.1, 0.15) is 10.4 Å². The molecular weight excluding hydrogens is 267 g/mol. The van der Waals surface area contributed by atoms with Gasteiger partial charge in [-0.25, -0.2) is 0 Å². The highest BCUT2D eigenvalue weighted by Crippen LogP contribution is 2.22. The van der Waals surface area contributed by atoms with Gasteiger partial charge in [-0.2, -0.15) is 0 Å². The number of halogens is 1. The molecule has 1 aromatic rings. The molecule has 0 amide bonds. The summed E-state index contributed by atoms with van der Waals surface area (Å²) in [5, 5.41) is 0. The van der Waals surface area contributed by atoms with E-state index >= 15 is 0 Å². The smallest absolute Gasteiger partial charge is 0.176 e. The Morgan fingerprint density at radius 3 is 3.08 bits per heavy atom. The lowest BCUT2D eigenvalue weighted by molar-refractivity contribution is 0.102. The Bertz CT molecular complexity index is 344. The van der Waals surface area contributed by atoms with Gasteiger partial charge in [-0.1, -0.05) is 32.9 Å². The molecular formula is C9H7IO2. The van der Waals surface area contributed by atoms with Crippen LogP contribution in [-0.2, 0) is 0 Å². The highest BCUT2D eigenvalue weighted by molar-refractivity contribution is 14.2. The van der Waals surface area contributed by atoms with Crippen molar-refractivity contribution in [3.63, 3.8) is 0 Å². The van der Waals surface area contributed by atoms with E-state index < -0.39 is 0 Å². The van der Waals surface area contributed by atoms with Crippen LogP contribution in [-0.4, -0.2) is 14.4 Å². The van der Waals surface area contributed by atoms with Crippen LogP contribution in [0.2, 0.25) is 0 Å². The Morgan fingerprint density at radius 2 is 2.17 bits per heavy atom. The number of hydrogen-bond acceptors (Lipinski definition) is 2. The van der Waals surface area contributed by atoms with Crippen molar-refractivity contribution in [1.29, 1.82) is 0 Å². The predicted molar refractivity (Wildman–Crippen MR) is 56.4 cm³/mol. The van der Waals surface area contributed by atoms with E-state index in [0.717, 1.165) is 5.56 Å². The molecule has 0 aromatic heterocycles. The molecule has 1 aliphatic heterocycles. The van der Waals surface area contributed by atoms with Crippen molar-refractivity contribution in [1.82, 2.24) is 0 Å². The largest absolute Gasteiger partial charge is 0.459 e. The van der Waals surface area contributed by atoms with Crippen LogP contribution in [0.25, 0.3) is 0 Å². The summed E-state index contributed by atoms with van der Waals surface area (Å²) in [7, 11) is 0. The van der Waals surface area contributed by atoms with Crippen molar-refractivity contribution in [2.45, 2.75) is 0 Å². The molecule has 0 radical (unpaired) electrons. The lowest BCUT2D eigenvalue weighted by Crippen LogP contribution is -2.00. The Kier molecular flexibility index (Phi) is 2.21. The lowest BCUT2D eigenvalue weighted by Gasteiger charge is -2.01. The second kappa shape index (κ2) is 3.35. The summed E-state index contributed by atoms with van der Waals surface area (Å²) >= 11 is -0.198. The number of para-hydroxylation sites is 1. The molecule has 0 N–H and O–H groups in total. The van der Waals surface area contributed by atoms with Crippen molar-refractivity contribution in [3.05, 3.63) is 29.8 Å². The van der Waals surface area contributed by atoms with Gasteiger partial charge in [-0.3, -0.25) is 4.79 Å². The Labute approximate surface area is 80.3 Å². The van der Waals surface area contributed by atoms with Gasteiger partial charge in [0.25, 0.3) is 0 Å².